The van der Waals surface area contributed by atoms with Gasteiger partial charge in [-0.25, -0.2) is 0 Å². The highest BCUT2D eigenvalue weighted by molar-refractivity contribution is 5.94. The molecule has 0 aliphatic carbocycles. The minimum atomic E-state index is -0.653. The first-order valence-electron chi connectivity index (χ1n) is 6.50. The number of carbonyl (C=O) groups is 1. The van der Waals surface area contributed by atoms with Crippen LogP contribution >= 0.6 is 0 Å². The SMILES string of the molecule is CC(C)C(O)CC(=O)Nc1cn[nH]c1-c1ccccn1. The molecule has 1 atom stereocenters. The van der Waals surface area contributed by atoms with E-state index in [1.54, 1.807) is 6.20 Å². The largest absolute Gasteiger partial charge is 0.392 e. The molecule has 0 spiro atoms. The van der Waals surface area contributed by atoms with E-state index in [9.17, 15) is 9.90 Å². The highest BCUT2D eigenvalue weighted by atomic mass is 16.3. The van der Waals surface area contributed by atoms with Crippen molar-refractivity contribution in [2.45, 2.75) is 26.4 Å². The van der Waals surface area contributed by atoms with Crippen molar-refractivity contribution in [2.75, 3.05) is 5.32 Å². The summed E-state index contributed by atoms with van der Waals surface area (Å²) in [6, 6.07) is 5.50. The molecule has 0 radical (unpaired) electrons. The van der Waals surface area contributed by atoms with Crippen LogP contribution in [0.25, 0.3) is 11.4 Å². The lowest BCUT2D eigenvalue weighted by molar-refractivity contribution is -0.118. The third kappa shape index (κ3) is 3.42. The Hall–Kier alpha value is -2.21. The van der Waals surface area contributed by atoms with Gasteiger partial charge in [-0.1, -0.05) is 19.9 Å². The normalized spacial score (nSPS) is 12.4. The second kappa shape index (κ2) is 6.29. The second-order valence-electron chi connectivity index (χ2n) is 4.94. The van der Waals surface area contributed by atoms with Gasteiger partial charge in [0.1, 0.15) is 5.69 Å². The highest BCUT2D eigenvalue weighted by Gasteiger charge is 2.16. The van der Waals surface area contributed by atoms with Crippen molar-refractivity contribution in [2.24, 2.45) is 5.92 Å². The molecule has 1 amide bonds. The summed E-state index contributed by atoms with van der Waals surface area (Å²) in [6.07, 6.45) is 2.61. The summed E-state index contributed by atoms with van der Waals surface area (Å²) in [5, 5.41) is 19.2. The molecule has 6 heteroatoms. The van der Waals surface area contributed by atoms with Crippen molar-refractivity contribution in [3.63, 3.8) is 0 Å². The average molecular weight is 274 g/mol. The number of hydrogen-bond donors (Lipinski definition) is 3. The van der Waals surface area contributed by atoms with Crippen LogP contribution in [-0.2, 0) is 4.79 Å². The van der Waals surface area contributed by atoms with Gasteiger partial charge in [0.05, 0.1) is 30.1 Å². The van der Waals surface area contributed by atoms with Crippen LogP contribution in [0.1, 0.15) is 20.3 Å². The van der Waals surface area contributed by atoms with Gasteiger partial charge in [0, 0.05) is 6.20 Å². The molecule has 0 saturated carbocycles. The smallest absolute Gasteiger partial charge is 0.227 e. The summed E-state index contributed by atoms with van der Waals surface area (Å²) in [7, 11) is 0. The zero-order chi connectivity index (χ0) is 14.5. The lowest BCUT2D eigenvalue weighted by atomic mass is 10.0. The van der Waals surface area contributed by atoms with E-state index < -0.39 is 6.10 Å². The van der Waals surface area contributed by atoms with Crippen molar-refractivity contribution in [1.82, 2.24) is 15.2 Å². The number of aromatic amines is 1. The number of anilines is 1. The van der Waals surface area contributed by atoms with Crippen molar-refractivity contribution < 1.29 is 9.90 Å². The van der Waals surface area contributed by atoms with Gasteiger partial charge in [-0.3, -0.25) is 14.9 Å². The molecular formula is C14H18N4O2. The van der Waals surface area contributed by atoms with E-state index in [0.717, 1.165) is 0 Å². The maximum Gasteiger partial charge on any atom is 0.227 e. The number of H-pyrrole nitrogens is 1. The maximum atomic E-state index is 11.9. The van der Waals surface area contributed by atoms with E-state index in [-0.39, 0.29) is 18.2 Å². The number of nitrogens with zero attached hydrogens (tertiary/aromatic N) is 2. The van der Waals surface area contributed by atoms with E-state index >= 15 is 0 Å². The number of hydrogen-bond acceptors (Lipinski definition) is 4. The van der Waals surface area contributed by atoms with Crippen LogP contribution in [0.3, 0.4) is 0 Å². The molecule has 20 heavy (non-hydrogen) atoms. The van der Waals surface area contributed by atoms with Gasteiger partial charge < -0.3 is 10.4 Å². The van der Waals surface area contributed by atoms with Crippen molar-refractivity contribution in [3.05, 3.63) is 30.6 Å². The second-order valence-corrected chi connectivity index (χ2v) is 4.94. The van der Waals surface area contributed by atoms with Crippen LogP contribution in [0, 0.1) is 5.92 Å². The Balaban J connectivity index is 2.08. The van der Waals surface area contributed by atoms with Crippen LogP contribution in [0.5, 0.6) is 0 Å². The monoisotopic (exact) mass is 274 g/mol. The number of rotatable bonds is 5. The van der Waals surface area contributed by atoms with E-state index in [1.807, 2.05) is 32.0 Å². The average Bonchev–Trinajstić information content (AvgIpc) is 2.87. The van der Waals surface area contributed by atoms with E-state index in [4.69, 9.17) is 0 Å². The lowest BCUT2D eigenvalue weighted by Gasteiger charge is -2.13. The summed E-state index contributed by atoms with van der Waals surface area (Å²) >= 11 is 0. The van der Waals surface area contributed by atoms with Crippen LogP contribution in [0.4, 0.5) is 5.69 Å². The number of aromatic nitrogens is 3. The molecule has 106 valence electrons. The molecule has 3 N–H and O–H groups in total. The van der Waals surface area contributed by atoms with Gasteiger partial charge in [-0.15, -0.1) is 0 Å². The quantitative estimate of drug-likeness (QED) is 0.775. The zero-order valence-corrected chi connectivity index (χ0v) is 11.5. The molecular weight excluding hydrogens is 256 g/mol. The molecule has 0 bridgehead atoms. The van der Waals surface area contributed by atoms with Crippen molar-refractivity contribution >= 4 is 11.6 Å². The summed E-state index contributed by atoms with van der Waals surface area (Å²) in [4.78, 5) is 16.1. The summed E-state index contributed by atoms with van der Waals surface area (Å²) < 4.78 is 0. The van der Waals surface area contributed by atoms with Gasteiger partial charge in [-0.05, 0) is 18.1 Å². The third-order valence-corrected chi connectivity index (χ3v) is 3.00. The molecule has 2 aromatic heterocycles. The summed E-state index contributed by atoms with van der Waals surface area (Å²) in [5.74, 6) is -0.204. The fourth-order valence-corrected chi connectivity index (χ4v) is 1.71. The van der Waals surface area contributed by atoms with Crippen molar-refractivity contribution in [3.8, 4) is 11.4 Å². The number of nitrogens with one attached hydrogen (secondary N) is 2. The van der Waals surface area contributed by atoms with Gasteiger partial charge in [-0.2, -0.15) is 5.10 Å². The number of pyridine rings is 1. The fraction of sp³-hybridized carbons (Fsp3) is 0.357. The topological polar surface area (TPSA) is 90.9 Å². The van der Waals surface area contributed by atoms with Crippen LogP contribution in [0.15, 0.2) is 30.6 Å². The van der Waals surface area contributed by atoms with Gasteiger partial charge in [0.25, 0.3) is 0 Å². The first-order valence-corrected chi connectivity index (χ1v) is 6.50. The molecule has 0 fully saturated rings. The molecule has 2 rings (SSSR count). The standard InChI is InChI=1S/C14H18N4O2/c1-9(2)12(19)7-13(20)17-11-8-16-18-14(11)10-5-3-4-6-15-10/h3-6,8-9,12,19H,7H2,1-2H3,(H,16,18)(H,17,20). The number of amides is 1. The molecule has 0 aromatic carbocycles. The minimum Gasteiger partial charge on any atom is -0.392 e. The molecule has 6 nitrogen and oxygen atoms in total. The third-order valence-electron chi connectivity index (χ3n) is 3.00. The van der Waals surface area contributed by atoms with Gasteiger partial charge in [0.2, 0.25) is 5.91 Å². The summed E-state index contributed by atoms with van der Waals surface area (Å²) in [6.45, 7) is 3.74. The molecule has 0 aliphatic heterocycles. The van der Waals surface area contributed by atoms with Crippen LogP contribution in [-0.4, -0.2) is 32.3 Å². The minimum absolute atomic E-state index is 0.0420. The Morgan fingerprint density at radius 1 is 1.45 bits per heavy atom. The van der Waals surface area contributed by atoms with Crippen LogP contribution in [0.2, 0.25) is 0 Å². The van der Waals surface area contributed by atoms with Gasteiger partial charge >= 0.3 is 0 Å². The van der Waals surface area contributed by atoms with Crippen molar-refractivity contribution in [1.29, 1.82) is 0 Å². The lowest BCUT2D eigenvalue weighted by Crippen LogP contribution is -2.23. The maximum absolute atomic E-state index is 11.9. The summed E-state index contributed by atoms with van der Waals surface area (Å²) in [5.41, 5.74) is 1.91. The highest BCUT2D eigenvalue weighted by Crippen LogP contribution is 2.23. The zero-order valence-electron chi connectivity index (χ0n) is 11.5. The first kappa shape index (κ1) is 14.2. The Labute approximate surface area is 117 Å². The Bertz CT molecular complexity index is 566. The first-order chi connectivity index (χ1) is 9.58. The predicted octanol–water partition coefficient (Wildman–Crippen LogP) is 1.82. The molecule has 2 aromatic rings. The van der Waals surface area contributed by atoms with Gasteiger partial charge in [0.15, 0.2) is 0 Å². The van der Waals surface area contributed by atoms with Crippen LogP contribution < -0.4 is 5.32 Å². The molecule has 0 aliphatic rings. The van der Waals surface area contributed by atoms with E-state index in [0.29, 0.717) is 17.1 Å². The number of carbonyl (C=O) groups excluding carboxylic acids is 1. The molecule has 2 heterocycles. The Kier molecular flexibility index (Phi) is 4.47. The molecule has 0 saturated heterocycles. The predicted molar refractivity (Wildman–Crippen MR) is 75.9 cm³/mol. The molecule has 1 unspecified atom stereocenters. The van der Waals surface area contributed by atoms with E-state index in [1.165, 1.54) is 6.20 Å². The number of aliphatic hydroxyl groups excluding tert-OH is 1. The fourth-order valence-electron chi connectivity index (χ4n) is 1.71. The Morgan fingerprint density at radius 3 is 2.90 bits per heavy atom. The van der Waals surface area contributed by atoms with E-state index in [2.05, 4.69) is 20.5 Å². The Morgan fingerprint density at radius 2 is 2.25 bits per heavy atom. The number of aliphatic hydroxyl groups is 1.